The predicted octanol–water partition coefficient (Wildman–Crippen LogP) is 3.98. The van der Waals surface area contributed by atoms with Crippen LogP contribution in [0.4, 0.5) is 14.5 Å². The molecule has 0 radical (unpaired) electrons. The Hall–Kier alpha value is -3.79. The van der Waals surface area contributed by atoms with Gasteiger partial charge in [0.25, 0.3) is 0 Å². The lowest BCUT2D eigenvalue weighted by molar-refractivity contribution is -0.126. The zero-order chi connectivity index (χ0) is 29.5. The molecule has 0 aliphatic carbocycles. The first-order valence-electron chi connectivity index (χ1n) is 14.0. The quantitative estimate of drug-likeness (QED) is 0.487. The molecule has 8 nitrogen and oxygen atoms in total. The van der Waals surface area contributed by atoms with Gasteiger partial charge in [-0.15, -0.1) is 0 Å². The average Bonchev–Trinajstić information content (AvgIpc) is 3.41. The first kappa shape index (κ1) is 22.2. The number of carbonyl (C=O) groups excluding carboxylic acids is 1. The highest BCUT2D eigenvalue weighted by Gasteiger charge is 2.29. The number of phenols is 1. The highest BCUT2D eigenvalue weighted by atomic mass is 19.1. The lowest BCUT2D eigenvalue weighted by atomic mass is 10.1. The third kappa shape index (κ3) is 4.88. The summed E-state index contributed by atoms with van der Waals surface area (Å²) in [5.74, 6) is -2.19. The second-order valence-corrected chi connectivity index (χ2v) is 9.63. The number of ether oxygens (including phenoxy) is 1. The summed E-state index contributed by atoms with van der Waals surface area (Å²) in [7, 11) is 0. The molecular formula is C28H31F2N5O3. The molecule has 10 heteroatoms. The van der Waals surface area contributed by atoms with Crippen molar-refractivity contribution in [2.24, 2.45) is 0 Å². The normalized spacial score (nSPS) is 21.7. The topological polar surface area (TPSA) is 82.0 Å². The average molecular weight is 527 g/mol. The van der Waals surface area contributed by atoms with Gasteiger partial charge in [0.1, 0.15) is 23.9 Å². The summed E-state index contributed by atoms with van der Waals surface area (Å²) in [6.07, 6.45) is 2.64. The van der Waals surface area contributed by atoms with Gasteiger partial charge in [-0.25, -0.2) is 13.8 Å². The number of fused-ring (bicyclic) bond motifs is 1. The van der Waals surface area contributed by atoms with Crippen LogP contribution in [0.1, 0.15) is 23.9 Å². The Morgan fingerprint density at radius 3 is 2.84 bits per heavy atom. The molecule has 0 bridgehead atoms. The molecule has 38 heavy (non-hydrogen) atoms. The molecule has 2 aliphatic rings. The Bertz CT molecular complexity index is 1470. The van der Waals surface area contributed by atoms with Crippen molar-refractivity contribution in [3.05, 3.63) is 54.6 Å². The lowest BCUT2D eigenvalue weighted by Gasteiger charge is -2.41. The molecule has 1 amide bonds. The third-order valence-corrected chi connectivity index (χ3v) is 7.16. The van der Waals surface area contributed by atoms with E-state index >= 15 is 4.39 Å². The Kier molecular flexibility index (Phi) is 6.15. The number of anilines is 1. The summed E-state index contributed by atoms with van der Waals surface area (Å²) >= 11 is 0. The van der Waals surface area contributed by atoms with Gasteiger partial charge in [-0.3, -0.25) is 4.79 Å². The van der Waals surface area contributed by atoms with Crippen LogP contribution in [0, 0.1) is 11.6 Å². The van der Waals surface area contributed by atoms with Gasteiger partial charge in [-0.2, -0.15) is 4.98 Å². The van der Waals surface area contributed by atoms with Crippen molar-refractivity contribution in [1.29, 1.82) is 0 Å². The number of rotatable bonds is 6. The van der Waals surface area contributed by atoms with E-state index in [0.29, 0.717) is 43.7 Å². The number of piperazine rings is 1. The Labute approximate surface area is 224 Å². The van der Waals surface area contributed by atoms with Crippen LogP contribution in [-0.4, -0.2) is 82.6 Å². The monoisotopic (exact) mass is 526 g/mol. The molecule has 3 aromatic rings. The van der Waals surface area contributed by atoms with E-state index < -0.39 is 30.1 Å². The SMILES string of the molecule is [2H]C([2H])([2H])N1CCC[C@H]1COc1cc(N2CCN(C(=O)C=C)C[C@H]2C)c2cc(F)c(-c3c(O)cccc3F)nc2n1. The number of hydrogen-bond donors (Lipinski definition) is 1. The van der Waals surface area contributed by atoms with Gasteiger partial charge in [-0.05, 0) is 57.6 Å². The molecule has 2 aliphatic heterocycles. The smallest absolute Gasteiger partial charge is 0.246 e. The molecule has 5 rings (SSSR count). The number of phenolic OH excluding ortho intramolecular Hbond substituents is 1. The highest BCUT2D eigenvalue weighted by molar-refractivity contribution is 5.93. The number of likely N-dealkylation sites (N-methyl/N-ethyl adjacent to an activating group) is 1. The van der Waals surface area contributed by atoms with Gasteiger partial charge in [0.2, 0.25) is 11.8 Å². The van der Waals surface area contributed by atoms with Crippen molar-refractivity contribution in [2.45, 2.75) is 31.8 Å². The maximum atomic E-state index is 15.5. The summed E-state index contributed by atoms with van der Waals surface area (Å²) in [5.41, 5.74) is -0.168. The lowest BCUT2D eigenvalue weighted by Crippen LogP contribution is -2.53. The Morgan fingerprint density at radius 2 is 2.11 bits per heavy atom. The zero-order valence-corrected chi connectivity index (χ0v) is 21.0. The van der Waals surface area contributed by atoms with E-state index in [1.165, 1.54) is 29.2 Å². The van der Waals surface area contributed by atoms with Gasteiger partial charge in [0, 0.05) is 47.3 Å². The molecular weight excluding hydrogens is 492 g/mol. The van der Waals surface area contributed by atoms with Crippen LogP contribution >= 0.6 is 0 Å². The van der Waals surface area contributed by atoms with Crippen molar-refractivity contribution in [2.75, 3.05) is 44.7 Å². The molecule has 1 aromatic carbocycles. The summed E-state index contributed by atoms with van der Waals surface area (Å²) in [5, 5.41) is 10.6. The molecule has 2 saturated heterocycles. The van der Waals surface area contributed by atoms with Gasteiger partial charge in [0.15, 0.2) is 11.5 Å². The van der Waals surface area contributed by atoms with Crippen molar-refractivity contribution in [3.63, 3.8) is 0 Å². The number of amides is 1. The molecule has 4 heterocycles. The third-order valence-electron chi connectivity index (χ3n) is 7.16. The summed E-state index contributed by atoms with van der Waals surface area (Å²) in [6.45, 7) is 4.96. The molecule has 0 spiro atoms. The van der Waals surface area contributed by atoms with Gasteiger partial charge >= 0.3 is 0 Å². The highest BCUT2D eigenvalue weighted by Crippen LogP contribution is 2.37. The zero-order valence-electron chi connectivity index (χ0n) is 24.0. The number of hydrogen-bond acceptors (Lipinski definition) is 7. The number of benzene rings is 1. The van der Waals surface area contributed by atoms with E-state index in [0.717, 1.165) is 12.5 Å². The molecule has 0 unspecified atom stereocenters. The molecule has 200 valence electrons. The van der Waals surface area contributed by atoms with Crippen molar-refractivity contribution < 1.29 is 27.5 Å². The summed E-state index contributed by atoms with van der Waals surface area (Å²) < 4.78 is 59.6. The van der Waals surface area contributed by atoms with E-state index in [4.69, 9.17) is 8.85 Å². The molecule has 2 atom stereocenters. The summed E-state index contributed by atoms with van der Waals surface area (Å²) in [6, 6.07) is 5.98. The van der Waals surface area contributed by atoms with E-state index in [2.05, 4.69) is 16.5 Å². The Balaban J connectivity index is 1.56. The van der Waals surface area contributed by atoms with Crippen LogP contribution in [-0.2, 0) is 4.79 Å². The molecule has 1 N–H and O–H groups in total. The number of halogens is 2. The second-order valence-electron chi connectivity index (χ2n) is 9.63. The number of nitrogens with zero attached hydrogens (tertiary/aromatic N) is 5. The fourth-order valence-corrected chi connectivity index (χ4v) is 5.15. The van der Waals surface area contributed by atoms with Crippen LogP contribution in [0.15, 0.2) is 43.0 Å². The van der Waals surface area contributed by atoms with Crippen LogP contribution in [0.2, 0.25) is 0 Å². The minimum atomic E-state index is -2.25. The van der Waals surface area contributed by atoms with Crippen LogP contribution in [0.3, 0.4) is 0 Å². The number of aromatic nitrogens is 2. The van der Waals surface area contributed by atoms with E-state index in [1.807, 2.05) is 11.8 Å². The van der Waals surface area contributed by atoms with E-state index in [1.54, 1.807) is 11.0 Å². The maximum Gasteiger partial charge on any atom is 0.246 e. The van der Waals surface area contributed by atoms with Crippen molar-refractivity contribution in [3.8, 4) is 22.9 Å². The first-order chi connectivity index (χ1) is 19.5. The fourth-order valence-electron chi connectivity index (χ4n) is 5.15. The molecule has 0 saturated carbocycles. The molecule has 2 fully saturated rings. The van der Waals surface area contributed by atoms with Crippen molar-refractivity contribution in [1.82, 2.24) is 19.8 Å². The van der Waals surface area contributed by atoms with E-state index in [9.17, 15) is 14.3 Å². The standard InChI is InChI=1S/C28H31F2N5O3/c1-4-25(37)34-11-12-35(17(2)15-34)22-14-24(38-16-18-7-6-10-33(18)3)31-28-19(22)13-21(30)27(32-28)26-20(29)8-5-9-23(26)36/h4-5,8-9,13-14,17-18,36H,1,6-7,10-12,15-16H2,2-3H3/t17-,18+/m1/s1/i3D3. The molecule has 2 aromatic heterocycles. The van der Waals surface area contributed by atoms with Gasteiger partial charge < -0.3 is 24.5 Å². The number of likely N-dealkylation sites (tertiary alicyclic amines) is 1. The minimum absolute atomic E-state index is 0.0625. The number of carbonyl (C=O) groups is 1. The second kappa shape index (κ2) is 10.5. The first-order valence-corrected chi connectivity index (χ1v) is 12.5. The minimum Gasteiger partial charge on any atom is -0.507 e. The maximum absolute atomic E-state index is 15.5. The van der Waals surface area contributed by atoms with Crippen LogP contribution in [0.25, 0.3) is 22.3 Å². The number of aromatic hydroxyl groups is 1. The largest absolute Gasteiger partial charge is 0.507 e. The van der Waals surface area contributed by atoms with E-state index in [-0.39, 0.29) is 41.7 Å². The van der Waals surface area contributed by atoms with Gasteiger partial charge in [0.05, 0.1) is 11.3 Å². The summed E-state index contributed by atoms with van der Waals surface area (Å²) in [4.78, 5) is 26.1. The Morgan fingerprint density at radius 1 is 1.26 bits per heavy atom. The fraction of sp³-hybridized carbons (Fsp3) is 0.393. The van der Waals surface area contributed by atoms with Crippen molar-refractivity contribution >= 4 is 22.6 Å². The van der Waals surface area contributed by atoms with Gasteiger partial charge in [-0.1, -0.05) is 12.6 Å². The van der Waals surface area contributed by atoms with Crippen LogP contribution in [0.5, 0.6) is 11.6 Å². The predicted molar refractivity (Wildman–Crippen MR) is 141 cm³/mol. The number of pyridine rings is 2. The van der Waals surface area contributed by atoms with Crippen LogP contribution < -0.4 is 9.64 Å².